The molecular weight excluding hydrogens is 396 g/mol. The topological polar surface area (TPSA) is 49.0 Å². The lowest BCUT2D eigenvalue weighted by molar-refractivity contribution is 0.308. The van der Waals surface area contributed by atoms with Crippen molar-refractivity contribution in [3.05, 3.63) is 74.6 Å². The number of aryl methyl sites for hydroxylation is 1. The summed E-state index contributed by atoms with van der Waals surface area (Å²) in [6.07, 6.45) is 3.98. The SMILES string of the molecule is Cn1c(C2CC2)nc2ccc(-n3ccc(OCc4cc(F)c(F)s4)cc3=O)cc21. The average Bonchev–Trinajstić information content (AvgIpc) is 3.43. The number of fused-ring (bicyclic) bond motifs is 1. The zero-order valence-corrected chi connectivity index (χ0v) is 16.4. The van der Waals surface area contributed by atoms with Gasteiger partial charge in [0, 0.05) is 30.1 Å². The molecule has 0 unspecified atom stereocenters. The molecule has 1 aliphatic rings. The molecule has 5 rings (SSSR count). The molecule has 1 fully saturated rings. The van der Waals surface area contributed by atoms with E-state index >= 15 is 0 Å². The smallest absolute Gasteiger partial charge is 0.258 e. The summed E-state index contributed by atoms with van der Waals surface area (Å²) in [4.78, 5) is 17.7. The Kier molecular flexibility index (Phi) is 4.24. The van der Waals surface area contributed by atoms with Gasteiger partial charge in [-0.25, -0.2) is 9.37 Å². The first-order valence-electron chi connectivity index (χ1n) is 9.25. The van der Waals surface area contributed by atoms with Crippen LogP contribution in [-0.4, -0.2) is 14.1 Å². The molecule has 1 saturated carbocycles. The Balaban J connectivity index is 1.41. The monoisotopic (exact) mass is 413 g/mol. The highest BCUT2D eigenvalue weighted by atomic mass is 32.1. The Morgan fingerprint density at radius 1 is 1.21 bits per heavy atom. The maximum Gasteiger partial charge on any atom is 0.258 e. The predicted octanol–water partition coefficient (Wildman–Crippen LogP) is 4.52. The van der Waals surface area contributed by atoms with E-state index in [1.165, 1.54) is 23.5 Å². The highest BCUT2D eigenvalue weighted by Gasteiger charge is 2.28. The molecule has 0 N–H and O–H groups in total. The summed E-state index contributed by atoms with van der Waals surface area (Å²) in [5, 5.41) is -0.866. The molecule has 0 bridgehead atoms. The molecule has 0 amide bonds. The Hall–Kier alpha value is -3.00. The van der Waals surface area contributed by atoms with Gasteiger partial charge < -0.3 is 9.30 Å². The molecule has 4 aromatic rings. The number of pyridine rings is 1. The molecule has 1 aromatic carbocycles. The third-order valence-electron chi connectivity index (χ3n) is 5.09. The molecule has 0 saturated heterocycles. The van der Waals surface area contributed by atoms with Crippen molar-refractivity contribution >= 4 is 22.4 Å². The minimum atomic E-state index is -0.889. The van der Waals surface area contributed by atoms with Gasteiger partial charge in [0.15, 0.2) is 5.82 Å². The van der Waals surface area contributed by atoms with Gasteiger partial charge in [0.25, 0.3) is 5.56 Å². The van der Waals surface area contributed by atoms with Gasteiger partial charge in [-0.2, -0.15) is 4.39 Å². The summed E-state index contributed by atoms with van der Waals surface area (Å²) in [7, 11) is 2.00. The molecule has 3 heterocycles. The van der Waals surface area contributed by atoms with E-state index in [1.54, 1.807) is 12.3 Å². The highest BCUT2D eigenvalue weighted by Crippen LogP contribution is 2.40. The number of rotatable bonds is 5. The largest absolute Gasteiger partial charge is 0.488 e. The number of thiophene rings is 1. The van der Waals surface area contributed by atoms with Crippen LogP contribution in [0.5, 0.6) is 5.75 Å². The Labute approximate surface area is 168 Å². The van der Waals surface area contributed by atoms with Crippen LogP contribution in [0.1, 0.15) is 29.5 Å². The van der Waals surface area contributed by atoms with E-state index in [0.29, 0.717) is 27.9 Å². The van der Waals surface area contributed by atoms with Gasteiger partial charge in [-0.15, -0.1) is 11.3 Å². The fraction of sp³-hybridized carbons (Fsp3) is 0.238. The first kappa shape index (κ1) is 18.1. The zero-order valence-electron chi connectivity index (χ0n) is 15.6. The lowest BCUT2D eigenvalue weighted by atomic mass is 10.2. The van der Waals surface area contributed by atoms with Gasteiger partial charge in [0.1, 0.15) is 18.2 Å². The number of benzene rings is 1. The van der Waals surface area contributed by atoms with Gasteiger partial charge >= 0.3 is 0 Å². The highest BCUT2D eigenvalue weighted by molar-refractivity contribution is 7.10. The fourth-order valence-electron chi connectivity index (χ4n) is 3.43. The van der Waals surface area contributed by atoms with Gasteiger partial charge in [-0.05, 0) is 43.2 Å². The standard InChI is InChI=1S/C21H17F2N3O2S/c1-25-18-8-13(4-5-17(18)24-21(25)12-2-3-12)26-7-6-14(9-19(26)27)28-11-15-10-16(22)20(23)29-15/h4-10,12H,2-3,11H2,1H3. The van der Waals surface area contributed by atoms with E-state index in [2.05, 4.69) is 4.57 Å². The number of ether oxygens (including phenoxy) is 1. The van der Waals surface area contributed by atoms with Gasteiger partial charge in [0.05, 0.1) is 16.7 Å². The van der Waals surface area contributed by atoms with Crippen molar-refractivity contribution < 1.29 is 13.5 Å². The summed E-state index contributed by atoms with van der Waals surface area (Å²) in [6.45, 7) is -0.000117. The Bertz CT molecular complexity index is 1270. The molecule has 0 aliphatic heterocycles. The first-order valence-corrected chi connectivity index (χ1v) is 10.1. The maximum absolute atomic E-state index is 13.1. The summed E-state index contributed by atoms with van der Waals surface area (Å²) >= 11 is 0.690. The normalized spacial score (nSPS) is 13.9. The third kappa shape index (κ3) is 3.33. The van der Waals surface area contributed by atoms with Crippen LogP contribution in [0, 0.1) is 10.9 Å². The van der Waals surface area contributed by atoms with Crippen LogP contribution >= 0.6 is 11.3 Å². The number of hydrogen-bond acceptors (Lipinski definition) is 4. The molecule has 148 valence electrons. The van der Waals surface area contributed by atoms with Gasteiger partial charge in [-0.1, -0.05) is 0 Å². The van der Waals surface area contributed by atoms with E-state index in [1.807, 2.05) is 25.2 Å². The maximum atomic E-state index is 13.1. The predicted molar refractivity (Wildman–Crippen MR) is 107 cm³/mol. The number of halogens is 2. The van der Waals surface area contributed by atoms with Gasteiger partial charge in [-0.3, -0.25) is 9.36 Å². The minimum absolute atomic E-state index is 0.000117. The molecule has 3 aromatic heterocycles. The Morgan fingerprint density at radius 3 is 2.72 bits per heavy atom. The first-order chi connectivity index (χ1) is 14.0. The summed E-state index contributed by atoms with van der Waals surface area (Å²) < 4.78 is 35.3. The van der Waals surface area contributed by atoms with Crippen LogP contribution in [0.25, 0.3) is 16.7 Å². The summed E-state index contributed by atoms with van der Waals surface area (Å²) in [5.74, 6) is 1.09. The number of imidazole rings is 1. The second-order valence-electron chi connectivity index (χ2n) is 7.17. The summed E-state index contributed by atoms with van der Waals surface area (Å²) in [6, 6.07) is 9.86. The Morgan fingerprint density at radius 2 is 2.03 bits per heavy atom. The van der Waals surface area contributed by atoms with Crippen molar-refractivity contribution in [1.82, 2.24) is 14.1 Å². The van der Waals surface area contributed by atoms with Crippen LogP contribution in [-0.2, 0) is 13.7 Å². The molecule has 1 aliphatic carbocycles. The average molecular weight is 413 g/mol. The van der Waals surface area contributed by atoms with E-state index in [0.717, 1.165) is 28.6 Å². The molecule has 0 radical (unpaired) electrons. The quantitative estimate of drug-likeness (QED) is 0.483. The zero-order chi connectivity index (χ0) is 20.1. The molecule has 29 heavy (non-hydrogen) atoms. The van der Waals surface area contributed by atoms with Crippen LogP contribution in [0.15, 0.2) is 47.4 Å². The van der Waals surface area contributed by atoms with Crippen LogP contribution < -0.4 is 10.3 Å². The minimum Gasteiger partial charge on any atom is -0.488 e. The fourth-order valence-corrected chi connectivity index (χ4v) is 4.10. The lowest BCUT2D eigenvalue weighted by Gasteiger charge is -2.09. The molecule has 5 nitrogen and oxygen atoms in total. The lowest BCUT2D eigenvalue weighted by Crippen LogP contribution is -2.16. The second-order valence-corrected chi connectivity index (χ2v) is 8.26. The summed E-state index contributed by atoms with van der Waals surface area (Å²) in [5.41, 5.74) is 2.39. The van der Waals surface area contributed by atoms with Crippen LogP contribution in [0.2, 0.25) is 0 Å². The van der Waals surface area contributed by atoms with E-state index in [4.69, 9.17) is 9.72 Å². The number of hydrogen-bond donors (Lipinski definition) is 0. The van der Waals surface area contributed by atoms with Crippen molar-refractivity contribution in [2.24, 2.45) is 7.05 Å². The van der Waals surface area contributed by atoms with Crippen molar-refractivity contribution in [3.63, 3.8) is 0 Å². The third-order valence-corrected chi connectivity index (χ3v) is 5.96. The number of aromatic nitrogens is 3. The van der Waals surface area contributed by atoms with Crippen molar-refractivity contribution in [2.75, 3.05) is 0 Å². The second kappa shape index (κ2) is 6.81. The van der Waals surface area contributed by atoms with Crippen LogP contribution in [0.3, 0.4) is 0 Å². The van der Waals surface area contributed by atoms with Crippen molar-refractivity contribution in [2.45, 2.75) is 25.4 Å². The van der Waals surface area contributed by atoms with Crippen molar-refractivity contribution in [3.8, 4) is 11.4 Å². The molecule has 0 spiro atoms. The molecule has 8 heteroatoms. The molecule has 0 atom stereocenters. The number of nitrogens with zero attached hydrogens (tertiary/aromatic N) is 3. The van der Waals surface area contributed by atoms with E-state index < -0.39 is 10.9 Å². The van der Waals surface area contributed by atoms with Crippen LogP contribution in [0.4, 0.5) is 8.78 Å². The van der Waals surface area contributed by atoms with Crippen molar-refractivity contribution in [1.29, 1.82) is 0 Å². The van der Waals surface area contributed by atoms with Gasteiger partial charge in [0.2, 0.25) is 5.13 Å². The van der Waals surface area contributed by atoms with E-state index in [9.17, 15) is 13.6 Å². The molecular formula is C21H17F2N3O2S. The van der Waals surface area contributed by atoms with E-state index in [-0.39, 0.29) is 12.2 Å².